The fraction of sp³-hybridized carbons (Fsp3) is 0.0769. The van der Waals surface area contributed by atoms with Crippen molar-refractivity contribution in [3.05, 3.63) is 133 Å². The number of benzene rings is 4. The molecule has 4 aromatic heterocycles. The zero-order valence-electron chi connectivity index (χ0n) is 26.0. The van der Waals surface area contributed by atoms with E-state index in [1.165, 1.54) is 7.11 Å². The smallest absolute Gasteiger partial charge is 0.338 e. The molecule has 8 nitrogen and oxygen atoms in total. The Morgan fingerprint density at radius 1 is 0.596 bits per heavy atom. The minimum Gasteiger partial charge on any atom is -0.478 e. The molecule has 0 bridgehead atoms. The van der Waals surface area contributed by atoms with Gasteiger partial charge in [-0.25, -0.2) is 19.6 Å². The highest BCUT2D eigenvalue weighted by Gasteiger charge is 2.17. The number of para-hydroxylation sites is 4. The lowest BCUT2D eigenvalue weighted by Crippen LogP contribution is -2.03. The van der Waals surface area contributed by atoms with Crippen molar-refractivity contribution in [3.8, 4) is 22.5 Å². The van der Waals surface area contributed by atoms with Crippen LogP contribution in [0.5, 0.6) is 0 Å². The minimum atomic E-state index is -0.940. The third-order valence-electron chi connectivity index (χ3n) is 8.41. The molecule has 0 amide bonds. The number of rotatable bonds is 4. The van der Waals surface area contributed by atoms with Crippen molar-refractivity contribution in [1.29, 1.82) is 0 Å². The summed E-state index contributed by atoms with van der Waals surface area (Å²) in [6.45, 7) is 0. The van der Waals surface area contributed by atoms with E-state index in [1.807, 2.05) is 116 Å². The van der Waals surface area contributed by atoms with Crippen LogP contribution in [0, 0.1) is 0 Å². The van der Waals surface area contributed by atoms with Crippen molar-refractivity contribution in [1.82, 2.24) is 19.1 Å². The number of hydrogen-bond donors (Lipinski definition) is 1. The maximum Gasteiger partial charge on any atom is 0.338 e. The normalized spacial score (nSPS) is 11.1. The second-order valence-electron chi connectivity index (χ2n) is 11.3. The molecule has 47 heavy (non-hydrogen) atoms. The molecule has 0 aliphatic heterocycles. The van der Waals surface area contributed by atoms with Gasteiger partial charge in [-0.15, -0.1) is 0 Å². The van der Waals surface area contributed by atoms with Crippen molar-refractivity contribution in [2.24, 2.45) is 14.1 Å². The first kappa shape index (κ1) is 29.4. The monoisotopic (exact) mass is 618 g/mol. The molecule has 8 aromatic rings. The number of carboxylic acids is 1. The van der Waals surface area contributed by atoms with Gasteiger partial charge in [0.2, 0.25) is 0 Å². The van der Waals surface area contributed by atoms with Gasteiger partial charge in [0.05, 0.1) is 40.7 Å². The number of aromatic nitrogens is 4. The number of carbonyl (C=O) groups excluding carboxylic acids is 1. The van der Waals surface area contributed by atoms with Gasteiger partial charge in [-0.3, -0.25) is 0 Å². The van der Waals surface area contributed by atoms with Crippen LogP contribution in [0.15, 0.2) is 122 Å². The standard InChI is InChI=1S/C20H16N2O2.C19H14N2O2/c1-22-12-16(14-8-4-6-10-19(14)22)18-11-15(20(23)24-2)13-7-3-5-9-17(13)21-18;1-21-11-15(13-7-3-5-9-18(13)21)17-10-14(19(22)23)12-6-2-4-8-16(12)20-17/h3-12H,1-2H3;2-11H,1H3,(H,22,23). The van der Waals surface area contributed by atoms with Gasteiger partial charge in [0.25, 0.3) is 0 Å². The van der Waals surface area contributed by atoms with E-state index in [1.54, 1.807) is 12.1 Å². The summed E-state index contributed by atoms with van der Waals surface area (Å²) in [5, 5.41) is 13.2. The summed E-state index contributed by atoms with van der Waals surface area (Å²) in [6.07, 6.45) is 4.04. The van der Waals surface area contributed by atoms with Crippen LogP contribution in [-0.2, 0) is 18.8 Å². The van der Waals surface area contributed by atoms with E-state index in [0.29, 0.717) is 22.2 Å². The molecule has 4 aromatic carbocycles. The number of carbonyl (C=O) groups is 2. The van der Waals surface area contributed by atoms with Crippen LogP contribution in [-0.4, -0.2) is 43.3 Å². The number of carboxylic acid groups (broad SMARTS) is 1. The first-order valence-corrected chi connectivity index (χ1v) is 15.0. The summed E-state index contributed by atoms with van der Waals surface area (Å²) in [7, 11) is 5.38. The first-order valence-electron chi connectivity index (χ1n) is 15.0. The van der Waals surface area contributed by atoms with E-state index >= 15 is 0 Å². The molecule has 4 heterocycles. The van der Waals surface area contributed by atoms with Gasteiger partial charge in [-0.1, -0.05) is 72.8 Å². The Kier molecular flexibility index (Phi) is 7.46. The van der Waals surface area contributed by atoms with E-state index in [2.05, 4.69) is 21.7 Å². The number of nitrogens with zero attached hydrogens (tertiary/aromatic N) is 4. The van der Waals surface area contributed by atoms with Crippen LogP contribution < -0.4 is 0 Å². The Bertz CT molecular complexity index is 2490. The molecule has 0 aliphatic carbocycles. The van der Waals surface area contributed by atoms with Crippen molar-refractivity contribution < 1.29 is 19.4 Å². The number of esters is 1. The third-order valence-corrected chi connectivity index (χ3v) is 8.41. The molecule has 1 N–H and O–H groups in total. The molecular formula is C39H30N4O4. The highest BCUT2D eigenvalue weighted by Crippen LogP contribution is 2.33. The van der Waals surface area contributed by atoms with Crippen LogP contribution >= 0.6 is 0 Å². The number of pyridine rings is 2. The Hall–Kier alpha value is -6.28. The highest BCUT2D eigenvalue weighted by atomic mass is 16.5. The Balaban J connectivity index is 0.000000150. The van der Waals surface area contributed by atoms with Gasteiger partial charge in [0.15, 0.2) is 0 Å². The highest BCUT2D eigenvalue weighted by molar-refractivity contribution is 6.07. The third kappa shape index (κ3) is 5.25. The van der Waals surface area contributed by atoms with Gasteiger partial charge in [-0.2, -0.15) is 0 Å². The fourth-order valence-electron chi connectivity index (χ4n) is 6.17. The number of aromatic carboxylic acids is 1. The van der Waals surface area contributed by atoms with Crippen LogP contribution in [0.25, 0.3) is 66.1 Å². The lowest BCUT2D eigenvalue weighted by Gasteiger charge is -2.08. The SMILES string of the molecule is COC(=O)c1cc(-c2cn(C)c3ccccc23)nc2ccccc12.Cn1cc(-c2cc(C(=O)O)c3ccccc3n2)c2ccccc21. The lowest BCUT2D eigenvalue weighted by molar-refractivity contribution is 0.0602. The summed E-state index contributed by atoms with van der Waals surface area (Å²) >= 11 is 0. The average molecular weight is 619 g/mol. The molecular weight excluding hydrogens is 588 g/mol. The number of ether oxygens (including phenoxy) is 1. The minimum absolute atomic E-state index is 0.276. The number of methoxy groups -OCH3 is 1. The molecule has 0 radical (unpaired) electrons. The molecule has 8 heteroatoms. The summed E-state index contributed by atoms with van der Waals surface area (Å²) < 4.78 is 9.05. The largest absolute Gasteiger partial charge is 0.478 e. The Morgan fingerprint density at radius 3 is 1.47 bits per heavy atom. The van der Waals surface area contributed by atoms with Crippen LogP contribution in [0.2, 0.25) is 0 Å². The van der Waals surface area contributed by atoms with Crippen LogP contribution in [0.3, 0.4) is 0 Å². The molecule has 230 valence electrons. The summed E-state index contributed by atoms with van der Waals surface area (Å²) in [5.74, 6) is -1.29. The van der Waals surface area contributed by atoms with Crippen molar-refractivity contribution in [3.63, 3.8) is 0 Å². The quantitative estimate of drug-likeness (QED) is 0.199. The van der Waals surface area contributed by atoms with E-state index in [9.17, 15) is 14.7 Å². The molecule has 0 fully saturated rings. The van der Waals surface area contributed by atoms with E-state index < -0.39 is 5.97 Å². The maximum absolute atomic E-state index is 12.2. The maximum atomic E-state index is 12.2. The fourth-order valence-corrected chi connectivity index (χ4v) is 6.17. The Labute approximate surface area is 270 Å². The second-order valence-corrected chi connectivity index (χ2v) is 11.3. The lowest BCUT2D eigenvalue weighted by atomic mass is 10.0. The van der Waals surface area contributed by atoms with Crippen LogP contribution in [0.1, 0.15) is 20.7 Å². The first-order chi connectivity index (χ1) is 22.8. The number of hydrogen-bond acceptors (Lipinski definition) is 5. The number of aryl methyl sites for hydroxylation is 2. The van der Waals surface area contributed by atoms with E-state index in [0.717, 1.165) is 49.5 Å². The number of fused-ring (bicyclic) bond motifs is 4. The predicted octanol–water partition coefficient (Wildman–Crippen LogP) is 8.27. The van der Waals surface area contributed by atoms with Gasteiger partial charge >= 0.3 is 11.9 Å². The summed E-state index contributed by atoms with van der Waals surface area (Å²) in [4.78, 5) is 33.3. The van der Waals surface area contributed by atoms with E-state index in [-0.39, 0.29) is 11.5 Å². The van der Waals surface area contributed by atoms with Gasteiger partial charge < -0.3 is 19.0 Å². The van der Waals surface area contributed by atoms with Crippen LogP contribution in [0.4, 0.5) is 0 Å². The predicted molar refractivity (Wildman–Crippen MR) is 186 cm³/mol. The topological polar surface area (TPSA) is 99.2 Å². The summed E-state index contributed by atoms with van der Waals surface area (Å²) in [5.41, 5.74) is 7.89. The molecule has 0 spiro atoms. The molecule has 0 saturated heterocycles. The van der Waals surface area contributed by atoms with Gasteiger partial charge in [0.1, 0.15) is 0 Å². The van der Waals surface area contributed by atoms with Crippen molar-refractivity contribution in [2.45, 2.75) is 0 Å². The van der Waals surface area contributed by atoms with Crippen molar-refractivity contribution in [2.75, 3.05) is 7.11 Å². The second kappa shape index (κ2) is 11.9. The van der Waals surface area contributed by atoms with Crippen molar-refractivity contribution >= 4 is 55.6 Å². The summed E-state index contributed by atoms with van der Waals surface area (Å²) in [6, 6.07) is 34.6. The zero-order valence-corrected chi connectivity index (χ0v) is 26.0. The van der Waals surface area contributed by atoms with E-state index in [4.69, 9.17) is 9.72 Å². The molecule has 0 aliphatic rings. The molecule has 0 unspecified atom stereocenters. The molecule has 8 rings (SSSR count). The average Bonchev–Trinajstić information content (AvgIpc) is 3.63. The van der Waals surface area contributed by atoms with Gasteiger partial charge in [0, 0.05) is 70.2 Å². The van der Waals surface area contributed by atoms with Gasteiger partial charge in [-0.05, 0) is 36.4 Å². The molecule has 0 saturated carbocycles. The Morgan fingerprint density at radius 2 is 1.00 bits per heavy atom. The zero-order chi connectivity index (χ0) is 32.7. The molecule has 0 atom stereocenters.